The normalized spacial score (nSPS) is 13.4. The van der Waals surface area contributed by atoms with E-state index in [1.807, 2.05) is 29.2 Å². The summed E-state index contributed by atoms with van der Waals surface area (Å²) in [6.45, 7) is 2.68. The Hall–Kier alpha value is -3.53. The number of thioether (sulfide) groups is 1. The van der Waals surface area contributed by atoms with Gasteiger partial charge in [-0.3, -0.25) is 9.59 Å². The molecule has 1 aromatic heterocycles. The minimum atomic E-state index is -0.179. The Balaban J connectivity index is 1.09. The van der Waals surface area contributed by atoms with Crippen molar-refractivity contribution in [3.8, 4) is 11.5 Å². The Labute approximate surface area is 233 Å². The van der Waals surface area contributed by atoms with Crippen molar-refractivity contribution in [3.05, 3.63) is 88.4 Å². The van der Waals surface area contributed by atoms with Crippen molar-refractivity contribution in [2.45, 2.75) is 5.22 Å². The highest BCUT2D eigenvalue weighted by atomic mass is 35.5. The molecule has 3 aromatic carbocycles. The predicted molar refractivity (Wildman–Crippen MR) is 150 cm³/mol. The molecular formula is C27H23Cl2N5O3S. The van der Waals surface area contributed by atoms with E-state index in [2.05, 4.69) is 20.4 Å². The maximum atomic E-state index is 12.8. The van der Waals surface area contributed by atoms with E-state index in [4.69, 9.17) is 27.6 Å². The number of aromatic nitrogens is 2. The molecule has 0 bridgehead atoms. The van der Waals surface area contributed by atoms with Gasteiger partial charge in [-0.1, -0.05) is 41.0 Å². The summed E-state index contributed by atoms with van der Waals surface area (Å²) in [6, 6.07) is 21.8. The average molecular weight is 568 g/mol. The van der Waals surface area contributed by atoms with Gasteiger partial charge in [-0.2, -0.15) is 0 Å². The molecule has 2 heterocycles. The van der Waals surface area contributed by atoms with Crippen LogP contribution in [0.2, 0.25) is 10.0 Å². The second kappa shape index (κ2) is 11.9. The summed E-state index contributed by atoms with van der Waals surface area (Å²) in [5, 5.41) is 12.4. The zero-order valence-corrected chi connectivity index (χ0v) is 22.5. The topological polar surface area (TPSA) is 91.6 Å². The third kappa shape index (κ3) is 6.48. The van der Waals surface area contributed by atoms with E-state index in [9.17, 15) is 9.59 Å². The zero-order valence-electron chi connectivity index (χ0n) is 20.1. The Morgan fingerprint density at radius 1 is 0.895 bits per heavy atom. The van der Waals surface area contributed by atoms with Gasteiger partial charge in [-0.15, -0.1) is 10.2 Å². The number of halogens is 2. The SMILES string of the molecule is O=C(CSc1nnc(-c2ccc(Cl)cc2)o1)Nc1ccc(N2CCN(C(=O)c3cccc(Cl)c3)CC2)cc1. The van der Waals surface area contributed by atoms with Gasteiger partial charge < -0.3 is 19.5 Å². The summed E-state index contributed by atoms with van der Waals surface area (Å²) in [5.41, 5.74) is 3.09. The number of nitrogens with zero attached hydrogens (tertiary/aromatic N) is 4. The number of hydrogen-bond acceptors (Lipinski definition) is 7. The highest BCUT2D eigenvalue weighted by Gasteiger charge is 2.22. The fraction of sp³-hybridized carbons (Fsp3) is 0.185. The molecule has 0 unspecified atom stereocenters. The van der Waals surface area contributed by atoms with Gasteiger partial charge in [0.15, 0.2) is 0 Å². The molecule has 4 aromatic rings. The van der Waals surface area contributed by atoms with E-state index in [-0.39, 0.29) is 17.6 Å². The van der Waals surface area contributed by atoms with Crippen molar-refractivity contribution in [1.29, 1.82) is 0 Å². The molecule has 1 fully saturated rings. The quantitative estimate of drug-likeness (QED) is 0.285. The van der Waals surface area contributed by atoms with Gasteiger partial charge in [0.2, 0.25) is 11.8 Å². The van der Waals surface area contributed by atoms with Crippen molar-refractivity contribution < 1.29 is 14.0 Å². The van der Waals surface area contributed by atoms with Crippen LogP contribution in [0.3, 0.4) is 0 Å². The molecule has 11 heteroatoms. The van der Waals surface area contributed by atoms with Crippen LogP contribution in [-0.4, -0.2) is 58.8 Å². The molecular weight excluding hydrogens is 545 g/mol. The number of hydrogen-bond donors (Lipinski definition) is 1. The Kier molecular flexibility index (Phi) is 8.17. The lowest BCUT2D eigenvalue weighted by Gasteiger charge is -2.36. The molecule has 1 saturated heterocycles. The molecule has 0 aliphatic carbocycles. The molecule has 8 nitrogen and oxygen atoms in total. The van der Waals surface area contributed by atoms with Crippen LogP contribution in [0.4, 0.5) is 11.4 Å². The van der Waals surface area contributed by atoms with Gasteiger partial charge in [-0.05, 0) is 66.7 Å². The molecule has 0 saturated carbocycles. The third-order valence-electron chi connectivity index (χ3n) is 5.98. The van der Waals surface area contributed by atoms with E-state index < -0.39 is 0 Å². The zero-order chi connectivity index (χ0) is 26.5. The summed E-state index contributed by atoms with van der Waals surface area (Å²) in [7, 11) is 0. The molecule has 194 valence electrons. The monoisotopic (exact) mass is 567 g/mol. The summed E-state index contributed by atoms with van der Waals surface area (Å²) in [6.07, 6.45) is 0. The predicted octanol–water partition coefficient (Wildman–Crippen LogP) is 5.74. The van der Waals surface area contributed by atoms with Gasteiger partial charge in [0.05, 0.1) is 5.75 Å². The largest absolute Gasteiger partial charge is 0.411 e. The van der Waals surface area contributed by atoms with E-state index in [1.54, 1.807) is 48.5 Å². The molecule has 0 atom stereocenters. The molecule has 0 spiro atoms. The molecule has 5 rings (SSSR count). The minimum absolute atomic E-state index is 0.00943. The molecule has 1 N–H and O–H groups in total. The number of carbonyl (C=O) groups is 2. The van der Waals surface area contributed by atoms with Crippen LogP contribution in [0.25, 0.3) is 11.5 Å². The van der Waals surface area contributed by atoms with Crippen molar-refractivity contribution >= 4 is 58.2 Å². The Morgan fingerprint density at radius 3 is 2.34 bits per heavy atom. The maximum absolute atomic E-state index is 12.8. The average Bonchev–Trinajstić information content (AvgIpc) is 3.42. The van der Waals surface area contributed by atoms with Crippen LogP contribution in [0.1, 0.15) is 10.4 Å². The van der Waals surface area contributed by atoms with Gasteiger partial charge in [0.1, 0.15) is 0 Å². The molecule has 38 heavy (non-hydrogen) atoms. The van der Waals surface area contributed by atoms with Crippen molar-refractivity contribution in [3.63, 3.8) is 0 Å². The summed E-state index contributed by atoms with van der Waals surface area (Å²) < 4.78 is 5.63. The van der Waals surface area contributed by atoms with Gasteiger partial charge in [-0.25, -0.2) is 0 Å². The van der Waals surface area contributed by atoms with Crippen LogP contribution in [0.15, 0.2) is 82.4 Å². The fourth-order valence-corrected chi connectivity index (χ4v) is 4.91. The molecule has 0 radical (unpaired) electrons. The van der Waals surface area contributed by atoms with Crippen LogP contribution >= 0.6 is 35.0 Å². The van der Waals surface area contributed by atoms with Gasteiger partial charge >= 0.3 is 0 Å². The fourth-order valence-electron chi connectivity index (χ4n) is 4.03. The Morgan fingerprint density at radius 2 is 1.63 bits per heavy atom. The van der Waals surface area contributed by atoms with Crippen molar-refractivity contribution in [1.82, 2.24) is 15.1 Å². The van der Waals surface area contributed by atoms with Crippen LogP contribution in [0.5, 0.6) is 0 Å². The van der Waals surface area contributed by atoms with E-state index in [0.29, 0.717) is 45.5 Å². The first kappa shape index (κ1) is 26.1. The summed E-state index contributed by atoms with van der Waals surface area (Å²) in [4.78, 5) is 29.2. The molecule has 2 amide bonds. The van der Waals surface area contributed by atoms with Crippen molar-refractivity contribution in [2.75, 3.05) is 42.1 Å². The molecule has 1 aliphatic rings. The van der Waals surface area contributed by atoms with Crippen molar-refractivity contribution in [2.24, 2.45) is 0 Å². The van der Waals surface area contributed by atoms with Gasteiger partial charge in [0.25, 0.3) is 11.1 Å². The standard InChI is InChI=1S/C27H23Cl2N5O3S/c28-20-6-4-18(5-7-20)25-31-32-27(37-25)38-17-24(35)30-22-8-10-23(11-9-22)33-12-14-34(15-13-33)26(36)19-2-1-3-21(29)16-19/h1-11,16H,12-15,17H2,(H,30,35). The number of rotatable bonds is 7. The first-order chi connectivity index (χ1) is 18.4. The van der Waals surface area contributed by atoms with Crippen LogP contribution < -0.4 is 10.2 Å². The van der Waals surface area contributed by atoms with E-state index >= 15 is 0 Å². The van der Waals surface area contributed by atoms with E-state index in [1.165, 1.54) is 11.8 Å². The number of piperazine rings is 1. The number of amides is 2. The van der Waals surface area contributed by atoms with Crippen LogP contribution in [0, 0.1) is 0 Å². The lowest BCUT2D eigenvalue weighted by Crippen LogP contribution is -2.48. The summed E-state index contributed by atoms with van der Waals surface area (Å²) in [5.74, 6) is 0.314. The van der Waals surface area contributed by atoms with Gasteiger partial charge in [0, 0.05) is 58.7 Å². The number of carbonyl (C=O) groups excluding carboxylic acids is 2. The lowest BCUT2D eigenvalue weighted by atomic mass is 10.1. The number of anilines is 2. The lowest BCUT2D eigenvalue weighted by molar-refractivity contribution is -0.113. The highest BCUT2D eigenvalue weighted by molar-refractivity contribution is 7.99. The van der Waals surface area contributed by atoms with Crippen LogP contribution in [-0.2, 0) is 4.79 Å². The number of benzene rings is 3. The maximum Gasteiger partial charge on any atom is 0.277 e. The Bertz CT molecular complexity index is 1420. The first-order valence-electron chi connectivity index (χ1n) is 11.9. The smallest absolute Gasteiger partial charge is 0.277 e. The first-order valence-corrected chi connectivity index (χ1v) is 13.6. The molecule has 1 aliphatic heterocycles. The highest BCUT2D eigenvalue weighted by Crippen LogP contribution is 2.25. The minimum Gasteiger partial charge on any atom is -0.411 e. The number of nitrogens with one attached hydrogen (secondary N) is 1. The second-order valence-corrected chi connectivity index (χ2v) is 10.4. The van der Waals surface area contributed by atoms with E-state index in [0.717, 1.165) is 24.3 Å². The second-order valence-electron chi connectivity index (χ2n) is 8.55. The summed E-state index contributed by atoms with van der Waals surface area (Å²) >= 11 is 13.1. The third-order valence-corrected chi connectivity index (χ3v) is 7.28.